The molecule has 0 bridgehead atoms. The molecule has 0 unspecified atom stereocenters. The SMILES string of the molecule is CCNC(=NCCNC(=O)c1ccc(Cl)c(Cl)c1)N1CCC(OCC)CC1.I. The zero-order valence-electron chi connectivity index (χ0n) is 16.3. The lowest BCUT2D eigenvalue weighted by molar-refractivity contribution is 0.0264. The van der Waals surface area contributed by atoms with E-state index in [0.29, 0.717) is 34.8 Å². The fourth-order valence-corrected chi connectivity index (χ4v) is 3.26. The molecule has 6 nitrogen and oxygen atoms in total. The average molecular weight is 543 g/mol. The van der Waals surface area contributed by atoms with Crippen LogP contribution in [0.3, 0.4) is 0 Å². The van der Waals surface area contributed by atoms with Gasteiger partial charge in [-0.25, -0.2) is 0 Å². The minimum atomic E-state index is -0.189. The Bertz CT molecular complexity index is 653. The summed E-state index contributed by atoms with van der Waals surface area (Å²) in [5.41, 5.74) is 0.485. The van der Waals surface area contributed by atoms with Crippen LogP contribution in [0, 0.1) is 0 Å². The van der Waals surface area contributed by atoms with Crippen LogP contribution in [-0.2, 0) is 4.74 Å². The molecule has 2 rings (SSSR count). The summed E-state index contributed by atoms with van der Waals surface area (Å²) < 4.78 is 5.70. The summed E-state index contributed by atoms with van der Waals surface area (Å²) in [4.78, 5) is 19.1. The van der Waals surface area contributed by atoms with Crippen molar-refractivity contribution in [2.75, 3.05) is 39.3 Å². The van der Waals surface area contributed by atoms with Gasteiger partial charge in [0.2, 0.25) is 0 Å². The maximum Gasteiger partial charge on any atom is 0.251 e. The Kier molecular flexibility index (Phi) is 12.1. The van der Waals surface area contributed by atoms with Gasteiger partial charge < -0.3 is 20.3 Å². The molecule has 1 heterocycles. The smallest absolute Gasteiger partial charge is 0.251 e. The highest BCUT2D eigenvalue weighted by Crippen LogP contribution is 2.22. The van der Waals surface area contributed by atoms with Crippen LogP contribution in [0.25, 0.3) is 0 Å². The number of amides is 1. The van der Waals surface area contributed by atoms with Crippen molar-refractivity contribution in [1.82, 2.24) is 15.5 Å². The molecule has 1 saturated heterocycles. The van der Waals surface area contributed by atoms with Crippen molar-refractivity contribution in [2.24, 2.45) is 4.99 Å². The Morgan fingerprint density at radius 3 is 2.54 bits per heavy atom. The Morgan fingerprint density at radius 2 is 1.93 bits per heavy atom. The number of aliphatic imine (C=N–C) groups is 1. The third kappa shape index (κ3) is 7.93. The molecule has 0 aliphatic carbocycles. The third-order valence-corrected chi connectivity index (χ3v) is 5.06. The molecule has 0 saturated carbocycles. The molecule has 9 heteroatoms. The van der Waals surface area contributed by atoms with Crippen LogP contribution < -0.4 is 10.6 Å². The monoisotopic (exact) mass is 542 g/mol. The molecule has 0 atom stereocenters. The topological polar surface area (TPSA) is 66.0 Å². The first kappa shape index (κ1) is 25.3. The lowest BCUT2D eigenvalue weighted by atomic mass is 10.1. The van der Waals surface area contributed by atoms with Crippen molar-refractivity contribution in [3.8, 4) is 0 Å². The Labute approximate surface area is 194 Å². The Hall–Kier alpha value is -0.770. The number of hydrogen-bond acceptors (Lipinski definition) is 3. The lowest BCUT2D eigenvalue weighted by Crippen LogP contribution is -2.47. The lowest BCUT2D eigenvalue weighted by Gasteiger charge is -2.34. The summed E-state index contributed by atoms with van der Waals surface area (Å²) in [6, 6.07) is 4.83. The van der Waals surface area contributed by atoms with Gasteiger partial charge in [0.15, 0.2) is 5.96 Å². The molecule has 1 aliphatic heterocycles. The van der Waals surface area contributed by atoms with E-state index in [1.54, 1.807) is 18.2 Å². The van der Waals surface area contributed by atoms with Gasteiger partial charge in [-0.1, -0.05) is 23.2 Å². The van der Waals surface area contributed by atoms with Gasteiger partial charge in [-0.15, -0.1) is 24.0 Å². The molecule has 1 fully saturated rings. The van der Waals surface area contributed by atoms with Crippen LogP contribution in [-0.4, -0.2) is 62.2 Å². The van der Waals surface area contributed by atoms with E-state index in [9.17, 15) is 4.79 Å². The minimum absolute atomic E-state index is 0. The van der Waals surface area contributed by atoms with Crippen LogP contribution in [0.5, 0.6) is 0 Å². The first-order valence-corrected chi connectivity index (χ1v) is 10.2. The van der Waals surface area contributed by atoms with E-state index >= 15 is 0 Å². The van der Waals surface area contributed by atoms with Gasteiger partial charge >= 0.3 is 0 Å². The number of hydrogen-bond donors (Lipinski definition) is 2. The molecule has 158 valence electrons. The highest BCUT2D eigenvalue weighted by molar-refractivity contribution is 14.0. The second-order valence-corrected chi connectivity index (χ2v) is 7.08. The number of nitrogens with one attached hydrogen (secondary N) is 2. The summed E-state index contributed by atoms with van der Waals surface area (Å²) in [6.45, 7) is 8.44. The zero-order valence-corrected chi connectivity index (χ0v) is 20.2. The number of rotatable bonds is 7. The molecule has 2 N–H and O–H groups in total. The highest BCUT2D eigenvalue weighted by Gasteiger charge is 2.21. The second-order valence-electron chi connectivity index (χ2n) is 6.26. The largest absolute Gasteiger partial charge is 0.378 e. The van der Waals surface area contributed by atoms with Crippen LogP contribution in [0.15, 0.2) is 23.2 Å². The van der Waals surface area contributed by atoms with Crippen LogP contribution in [0.4, 0.5) is 0 Å². The molecule has 0 spiro atoms. The van der Waals surface area contributed by atoms with Gasteiger partial charge in [-0.05, 0) is 44.9 Å². The highest BCUT2D eigenvalue weighted by atomic mass is 127. The number of piperidine rings is 1. The standard InChI is InChI=1S/C19H28Cl2N4O2.HI/c1-3-22-19(25-11-7-15(8-12-25)27-4-2)24-10-9-23-18(26)14-5-6-16(20)17(21)13-14;/h5-6,13,15H,3-4,7-12H2,1-2H3,(H,22,24)(H,23,26);1H. The number of nitrogens with zero attached hydrogens (tertiary/aromatic N) is 2. The molecule has 28 heavy (non-hydrogen) atoms. The Balaban J connectivity index is 0.00000392. The predicted molar refractivity (Wildman–Crippen MR) is 126 cm³/mol. The van der Waals surface area contributed by atoms with E-state index in [4.69, 9.17) is 27.9 Å². The fourth-order valence-electron chi connectivity index (χ4n) is 2.97. The van der Waals surface area contributed by atoms with Gasteiger partial charge in [0.25, 0.3) is 5.91 Å². The van der Waals surface area contributed by atoms with Gasteiger partial charge in [-0.3, -0.25) is 9.79 Å². The maximum atomic E-state index is 12.2. The van der Waals surface area contributed by atoms with Gasteiger partial charge in [0, 0.05) is 38.3 Å². The number of halogens is 3. The maximum absolute atomic E-state index is 12.2. The first-order valence-electron chi connectivity index (χ1n) is 9.43. The number of benzene rings is 1. The van der Waals surface area contributed by atoms with Crippen molar-refractivity contribution in [2.45, 2.75) is 32.8 Å². The summed E-state index contributed by atoms with van der Waals surface area (Å²) >= 11 is 11.8. The van der Waals surface area contributed by atoms with Gasteiger partial charge in [0.05, 0.1) is 22.7 Å². The van der Waals surface area contributed by atoms with Crippen molar-refractivity contribution < 1.29 is 9.53 Å². The molecule has 1 aromatic carbocycles. The van der Waals surface area contributed by atoms with Gasteiger partial charge in [0.1, 0.15) is 0 Å². The van der Waals surface area contributed by atoms with E-state index in [0.717, 1.165) is 45.0 Å². The molecule has 0 aromatic heterocycles. The average Bonchev–Trinajstić information content (AvgIpc) is 2.67. The molecule has 0 radical (unpaired) electrons. The normalized spacial score (nSPS) is 15.1. The minimum Gasteiger partial charge on any atom is -0.378 e. The van der Waals surface area contributed by atoms with E-state index < -0.39 is 0 Å². The van der Waals surface area contributed by atoms with Crippen molar-refractivity contribution in [3.63, 3.8) is 0 Å². The predicted octanol–water partition coefficient (Wildman–Crippen LogP) is 3.81. The molecular formula is C19H29Cl2IN4O2. The number of ether oxygens (including phenoxy) is 1. The van der Waals surface area contributed by atoms with E-state index in [1.807, 2.05) is 6.92 Å². The molecule has 1 amide bonds. The second kappa shape index (κ2) is 13.5. The first-order chi connectivity index (χ1) is 13.0. The summed E-state index contributed by atoms with van der Waals surface area (Å²) in [7, 11) is 0. The summed E-state index contributed by atoms with van der Waals surface area (Å²) in [5.74, 6) is 0.697. The molecule has 1 aliphatic rings. The number of guanidine groups is 1. The third-order valence-electron chi connectivity index (χ3n) is 4.32. The summed E-state index contributed by atoms with van der Waals surface area (Å²) in [6.07, 6.45) is 2.36. The van der Waals surface area contributed by atoms with Crippen LogP contribution in [0.2, 0.25) is 10.0 Å². The number of carbonyl (C=O) groups is 1. The quantitative estimate of drug-likeness (QED) is 0.238. The molecule has 1 aromatic rings. The number of likely N-dealkylation sites (tertiary alicyclic amines) is 1. The molecular weight excluding hydrogens is 514 g/mol. The van der Waals surface area contributed by atoms with Crippen molar-refractivity contribution >= 4 is 59.0 Å². The summed E-state index contributed by atoms with van der Waals surface area (Å²) in [5, 5.41) is 6.98. The van der Waals surface area contributed by atoms with Crippen LogP contribution >= 0.6 is 47.2 Å². The van der Waals surface area contributed by atoms with E-state index in [1.165, 1.54) is 0 Å². The van der Waals surface area contributed by atoms with Crippen LogP contribution in [0.1, 0.15) is 37.0 Å². The Morgan fingerprint density at radius 1 is 1.21 bits per heavy atom. The van der Waals surface area contributed by atoms with Crippen molar-refractivity contribution in [3.05, 3.63) is 33.8 Å². The number of carbonyl (C=O) groups excluding carboxylic acids is 1. The van der Waals surface area contributed by atoms with Crippen molar-refractivity contribution in [1.29, 1.82) is 0 Å². The van der Waals surface area contributed by atoms with E-state index in [2.05, 4.69) is 27.4 Å². The van der Waals surface area contributed by atoms with E-state index in [-0.39, 0.29) is 29.9 Å². The zero-order chi connectivity index (χ0) is 19.6. The fraction of sp³-hybridized carbons (Fsp3) is 0.579. The van der Waals surface area contributed by atoms with Gasteiger partial charge in [-0.2, -0.15) is 0 Å².